The van der Waals surface area contributed by atoms with Gasteiger partial charge in [-0.05, 0) is 141 Å². The first-order valence-corrected chi connectivity index (χ1v) is 20.9. The van der Waals surface area contributed by atoms with E-state index < -0.39 is 17.2 Å². The summed E-state index contributed by atoms with van der Waals surface area (Å²) in [5.41, 5.74) is 2.78. The van der Waals surface area contributed by atoms with Crippen LogP contribution in [0, 0.1) is 56.2 Å². The first-order valence-electron chi connectivity index (χ1n) is 20.9. The highest BCUT2D eigenvalue weighted by atomic mass is 16.6. The number of carbonyl (C=O) groups is 1. The molecule has 1 aromatic rings. The van der Waals surface area contributed by atoms with Gasteiger partial charge in [0.25, 0.3) is 0 Å². The molecule has 2 bridgehead atoms. The van der Waals surface area contributed by atoms with Crippen LogP contribution in [0.3, 0.4) is 0 Å². The highest BCUT2D eigenvalue weighted by molar-refractivity contribution is 5.74. The zero-order chi connectivity index (χ0) is 35.8. The van der Waals surface area contributed by atoms with Gasteiger partial charge in [0.1, 0.15) is 0 Å². The lowest BCUT2D eigenvalue weighted by Crippen LogP contribution is -2.69. The fraction of sp³-hybridized carbons (Fsp3) is 0.844. The Morgan fingerprint density at radius 3 is 2.26 bits per heavy atom. The van der Waals surface area contributed by atoms with Crippen LogP contribution in [0.2, 0.25) is 0 Å². The summed E-state index contributed by atoms with van der Waals surface area (Å²) in [6, 6.07) is 9.07. The van der Waals surface area contributed by atoms with E-state index >= 15 is 0 Å². The number of rotatable bonds is 11. The standard InChI is InChI=1S/C45H70O5/c1-8-9-10-11-19-43-27-25-41(5)34(42(43,6)26-24-39(3)22-23-40(4,38(46)47)30-36(39)43)16-20-44-31(2)45(48,21-17-35(41)44)50-37(44)29-33-14-12-32(13-15-33)18-28-49-7/h12-15,31,34-37,48H,8-11,16-30H2,1-7H3,(H,46,47)/t31-,34+,35+,36?,37-,39+,40-,41+,42-,43+,44+,45+/m1/s1. The van der Waals surface area contributed by atoms with Crippen LogP contribution in [0.25, 0.3) is 0 Å². The zero-order valence-electron chi connectivity index (χ0n) is 32.8. The van der Waals surface area contributed by atoms with Crippen LogP contribution in [0.4, 0.5) is 0 Å². The van der Waals surface area contributed by atoms with Gasteiger partial charge in [-0.15, -0.1) is 0 Å². The Kier molecular flexibility index (Phi) is 9.49. The van der Waals surface area contributed by atoms with Crippen molar-refractivity contribution in [3.05, 3.63) is 35.4 Å². The Balaban J connectivity index is 1.24. The molecule has 5 aliphatic carbocycles. The molecule has 7 rings (SSSR count). The molecule has 6 fully saturated rings. The van der Waals surface area contributed by atoms with Gasteiger partial charge < -0.3 is 19.7 Å². The van der Waals surface area contributed by atoms with E-state index in [1.54, 1.807) is 7.11 Å². The van der Waals surface area contributed by atoms with Gasteiger partial charge >= 0.3 is 5.97 Å². The number of hydrogen-bond acceptors (Lipinski definition) is 4. The fourth-order valence-corrected chi connectivity index (χ4v) is 15.0. The molecule has 5 nitrogen and oxygen atoms in total. The summed E-state index contributed by atoms with van der Waals surface area (Å²) in [7, 11) is 1.76. The highest BCUT2D eigenvalue weighted by Gasteiger charge is 2.76. The molecule has 1 heterocycles. The third-order valence-corrected chi connectivity index (χ3v) is 18.0. The van der Waals surface area contributed by atoms with E-state index in [9.17, 15) is 15.0 Å². The van der Waals surface area contributed by atoms with Crippen molar-refractivity contribution in [3.8, 4) is 0 Å². The molecule has 0 aromatic heterocycles. The van der Waals surface area contributed by atoms with E-state index in [-0.39, 0.29) is 39.1 Å². The summed E-state index contributed by atoms with van der Waals surface area (Å²) in [5.74, 6) is 0.129. The van der Waals surface area contributed by atoms with Gasteiger partial charge in [-0.3, -0.25) is 4.79 Å². The molecule has 1 aromatic carbocycles. The molecule has 1 unspecified atom stereocenters. The number of fused-ring (bicyclic) bond motifs is 7. The van der Waals surface area contributed by atoms with Gasteiger partial charge in [0.15, 0.2) is 5.79 Å². The van der Waals surface area contributed by atoms with Crippen LogP contribution in [0.15, 0.2) is 24.3 Å². The van der Waals surface area contributed by atoms with Crippen LogP contribution in [-0.4, -0.2) is 41.8 Å². The van der Waals surface area contributed by atoms with E-state index in [0.29, 0.717) is 17.8 Å². The van der Waals surface area contributed by atoms with E-state index in [4.69, 9.17) is 9.47 Å². The second-order valence-electron chi connectivity index (χ2n) is 19.9. The van der Waals surface area contributed by atoms with Gasteiger partial charge in [0.05, 0.1) is 18.1 Å². The molecule has 12 atom stereocenters. The monoisotopic (exact) mass is 691 g/mol. The molecular formula is C45H70O5. The van der Waals surface area contributed by atoms with Gasteiger partial charge in [-0.2, -0.15) is 0 Å². The lowest BCUT2D eigenvalue weighted by atomic mass is 9.29. The second-order valence-corrected chi connectivity index (χ2v) is 19.9. The van der Waals surface area contributed by atoms with E-state index in [2.05, 4.69) is 65.8 Å². The van der Waals surface area contributed by atoms with Crippen molar-refractivity contribution in [3.63, 3.8) is 0 Å². The van der Waals surface area contributed by atoms with Crippen molar-refractivity contribution in [1.29, 1.82) is 0 Å². The second kappa shape index (κ2) is 12.9. The highest BCUT2D eigenvalue weighted by Crippen LogP contribution is 2.81. The Bertz CT molecular complexity index is 1410. The minimum absolute atomic E-state index is 0.0235. The molecule has 5 heteroatoms. The van der Waals surface area contributed by atoms with Crippen molar-refractivity contribution >= 4 is 5.97 Å². The number of aliphatic hydroxyl groups is 1. The van der Waals surface area contributed by atoms with E-state index in [1.165, 1.54) is 75.3 Å². The largest absolute Gasteiger partial charge is 0.481 e. The van der Waals surface area contributed by atoms with E-state index in [1.807, 2.05) is 0 Å². The third kappa shape index (κ3) is 5.26. The Labute approximate surface area is 304 Å². The van der Waals surface area contributed by atoms with Crippen molar-refractivity contribution < 1.29 is 24.5 Å². The minimum Gasteiger partial charge on any atom is -0.481 e. The molecule has 1 aliphatic heterocycles. The predicted molar refractivity (Wildman–Crippen MR) is 200 cm³/mol. The molecular weight excluding hydrogens is 620 g/mol. The van der Waals surface area contributed by atoms with Crippen molar-refractivity contribution in [1.82, 2.24) is 0 Å². The Morgan fingerprint density at radius 1 is 0.860 bits per heavy atom. The summed E-state index contributed by atoms with van der Waals surface area (Å²) in [5, 5.41) is 22.6. The normalized spacial score (nSPS) is 47.9. The van der Waals surface area contributed by atoms with Crippen LogP contribution in [0.5, 0.6) is 0 Å². The zero-order valence-corrected chi connectivity index (χ0v) is 32.8. The number of benzene rings is 1. The van der Waals surface area contributed by atoms with E-state index in [0.717, 1.165) is 58.0 Å². The summed E-state index contributed by atoms with van der Waals surface area (Å²) >= 11 is 0. The average Bonchev–Trinajstić information content (AvgIpc) is 3.19. The number of unbranched alkanes of at least 4 members (excludes halogenated alkanes) is 3. The molecule has 5 saturated carbocycles. The van der Waals surface area contributed by atoms with Gasteiger partial charge in [-0.1, -0.05) is 84.6 Å². The maximum Gasteiger partial charge on any atom is 0.309 e. The number of aliphatic carboxylic acids is 1. The molecule has 0 amide bonds. The smallest absolute Gasteiger partial charge is 0.309 e. The Hall–Kier alpha value is -1.43. The summed E-state index contributed by atoms with van der Waals surface area (Å²) in [6.07, 6.45) is 20.1. The lowest BCUT2D eigenvalue weighted by Gasteiger charge is -2.75. The molecule has 6 aliphatic rings. The summed E-state index contributed by atoms with van der Waals surface area (Å²) in [6.45, 7) is 15.4. The van der Waals surface area contributed by atoms with Crippen LogP contribution >= 0.6 is 0 Å². The quantitative estimate of drug-likeness (QED) is 0.226. The van der Waals surface area contributed by atoms with Crippen LogP contribution in [-0.2, 0) is 27.1 Å². The topological polar surface area (TPSA) is 76.0 Å². The van der Waals surface area contributed by atoms with Crippen molar-refractivity contribution in [2.45, 2.75) is 169 Å². The third-order valence-electron chi connectivity index (χ3n) is 18.0. The number of carboxylic acid groups (broad SMARTS) is 1. The molecule has 2 N–H and O–H groups in total. The van der Waals surface area contributed by atoms with Crippen LogP contribution in [0.1, 0.15) is 155 Å². The summed E-state index contributed by atoms with van der Waals surface area (Å²) < 4.78 is 12.2. The molecule has 1 saturated heterocycles. The molecule has 280 valence electrons. The van der Waals surface area contributed by atoms with Gasteiger partial charge in [0, 0.05) is 24.9 Å². The van der Waals surface area contributed by atoms with Crippen LogP contribution < -0.4 is 0 Å². The van der Waals surface area contributed by atoms with Crippen molar-refractivity contribution in [2.24, 2.45) is 56.2 Å². The van der Waals surface area contributed by atoms with Gasteiger partial charge in [-0.25, -0.2) is 0 Å². The predicted octanol–water partition coefficient (Wildman–Crippen LogP) is 10.4. The molecule has 1 spiro atoms. The SMILES string of the molecule is CCCCCC[C@@]12CC[C@]3(C)[C@@H]4CC[C@]5(O)O[C@H](Cc6ccc(CCOC)cc6)[C@@]4(CC[C@@H]3[C@@]1(C)CC[C@]1(C)CC[C@@](C)(C(=O)O)CC12)[C@H]5C. The molecule has 50 heavy (non-hydrogen) atoms. The Morgan fingerprint density at radius 2 is 1.56 bits per heavy atom. The number of hydrogen-bond donors (Lipinski definition) is 2. The average molecular weight is 691 g/mol. The number of methoxy groups -OCH3 is 1. The first-order chi connectivity index (χ1) is 23.7. The number of carboxylic acids is 1. The summed E-state index contributed by atoms with van der Waals surface area (Å²) in [4.78, 5) is 12.8. The maximum atomic E-state index is 12.8. The number of ether oxygens (including phenoxy) is 2. The lowest BCUT2D eigenvalue weighted by molar-refractivity contribution is -0.274. The minimum atomic E-state index is -1.03. The van der Waals surface area contributed by atoms with Crippen molar-refractivity contribution in [2.75, 3.05) is 13.7 Å². The first kappa shape index (κ1) is 36.9. The molecule has 0 radical (unpaired) electrons. The fourth-order valence-electron chi connectivity index (χ4n) is 15.0. The maximum absolute atomic E-state index is 12.8. The van der Waals surface area contributed by atoms with Gasteiger partial charge in [0.2, 0.25) is 0 Å².